The molecule has 0 saturated heterocycles. The van der Waals surface area contributed by atoms with Gasteiger partial charge in [0, 0.05) is 18.6 Å². The molecule has 2 nitrogen and oxygen atoms in total. The van der Waals surface area contributed by atoms with Gasteiger partial charge in [0.05, 0.1) is 6.61 Å². The molecule has 88 valence electrons. The van der Waals surface area contributed by atoms with Gasteiger partial charge in [0.1, 0.15) is 5.82 Å². The summed E-state index contributed by atoms with van der Waals surface area (Å²) in [5, 5.41) is 0. The zero-order valence-electron chi connectivity index (χ0n) is 9.54. The van der Waals surface area contributed by atoms with Crippen LogP contribution in [0.4, 0.5) is 4.39 Å². The van der Waals surface area contributed by atoms with Crippen molar-refractivity contribution >= 4 is 5.78 Å². The van der Waals surface area contributed by atoms with E-state index >= 15 is 0 Å². The molecular formula is C13H17FO2. The summed E-state index contributed by atoms with van der Waals surface area (Å²) < 4.78 is 17.9. The van der Waals surface area contributed by atoms with E-state index in [0.717, 1.165) is 12.8 Å². The molecule has 0 aliphatic carbocycles. The highest BCUT2D eigenvalue weighted by Gasteiger charge is 2.05. The summed E-state index contributed by atoms with van der Waals surface area (Å²) in [4.78, 5) is 11.6. The van der Waals surface area contributed by atoms with E-state index in [1.807, 2.05) is 0 Å². The van der Waals surface area contributed by atoms with E-state index in [-0.39, 0.29) is 11.6 Å². The monoisotopic (exact) mass is 224 g/mol. The molecule has 0 heterocycles. The van der Waals surface area contributed by atoms with E-state index < -0.39 is 0 Å². The maximum absolute atomic E-state index is 12.6. The second-order valence-corrected chi connectivity index (χ2v) is 3.65. The van der Waals surface area contributed by atoms with Crippen LogP contribution in [0.5, 0.6) is 0 Å². The minimum atomic E-state index is -0.323. The molecule has 0 spiro atoms. The highest BCUT2D eigenvalue weighted by molar-refractivity contribution is 5.96. The predicted molar refractivity (Wildman–Crippen MR) is 61.1 cm³/mol. The lowest BCUT2D eigenvalue weighted by atomic mass is 10.1. The van der Waals surface area contributed by atoms with Gasteiger partial charge in [0.15, 0.2) is 5.78 Å². The lowest BCUT2D eigenvalue weighted by Gasteiger charge is -2.03. The fourth-order valence-corrected chi connectivity index (χ4v) is 1.29. The van der Waals surface area contributed by atoms with E-state index in [2.05, 4.69) is 6.92 Å². The number of rotatable bonds is 7. The summed E-state index contributed by atoms with van der Waals surface area (Å²) in [6.45, 7) is 3.23. The minimum absolute atomic E-state index is 0.00324. The zero-order valence-corrected chi connectivity index (χ0v) is 9.54. The van der Waals surface area contributed by atoms with Crippen molar-refractivity contribution in [1.82, 2.24) is 0 Å². The second-order valence-electron chi connectivity index (χ2n) is 3.65. The van der Waals surface area contributed by atoms with E-state index in [9.17, 15) is 9.18 Å². The number of hydrogen-bond donors (Lipinski definition) is 0. The molecule has 1 aromatic rings. The van der Waals surface area contributed by atoms with Crippen LogP contribution in [0.2, 0.25) is 0 Å². The molecule has 1 aromatic carbocycles. The lowest BCUT2D eigenvalue weighted by Crippen LogP contribution is -2.05. The summed E-state index contributed by atoms with van der Waals surface area (Å²) in [6, 6.07) is 5.60. The summed E-state index contributed by atoms with van der Waals surface area (Å²) in [7, 11) is 0. The number of ketones is 1. The molecule has 0 aliphatic rings. The third-order valence-corrected chi connectivity index (χ3v) is 2.28. The first-order valence-corrected chi connectivity index (χ1v) is 5.60. The Hall–Kier alpha value is -1.22. The van der Waals surface area contributed by atoms with Gasteiger partial charge in [0.2, 0.25) is 0 Å². The summed E-state index contributed by atoms with van der Waals surface area (Å²) in [5.41, 5.74) is 0.542. The van der Waals surface area contributed by atoms with Gasteiger partial charge in [-0.25, -0.2) is 4.39 Å². The first-order chi connectivity index (χ1) is 7.74. The van der Waals surface area contributed by atoms with Crippen molar-refractivity contribution < 1.29 is 13.9 Å². The Morgan fingerprint density at radius 2 is 1.94 bits per heavy atom. The molecule has 0 atom stereocenters. The highest BCUT2D eigenvalue weighted by atomic mass is 19.1. The Bertz CT molecular complexity index is 319. The SMILES string of the molecule is CCCCOCCC(=O)c1ccc(F)cc1. The van der Waals surface area contributed by atoms with Gasteiger partial charge in [-0.1, -0.05) is 13.3 Å². The van der Waals surface area contributed by atoms with Gasteiger partial charge in [-0.15, -0.1) is 0 Å². The van der Waals surface area contributed by atoms with Crippen LogP contribution >= 0.6 is 0 Å². The normalized spacial score (nSPS) is 10.4. The van der Waals surface area contributed by atoms with Crippen LogP contribution in [0.25, 0.3) is 0 Å². The van der Waals surface area contributed by atoms with Gasteiger partial charge in [-0.3, -0.25) is 4.79 Å². The smallest absolute Gasteiger partial charge is 0.165 e. The lowest BCUT2D eigenvalue weighted by molar-refractivity contribution is 0.0873. The second kappa shape index (κ2) is 7.12. The van der Waals surface area contributed by atoms with Crippen LogP contribution in [0.1, 0.15) is 36.5 Å². The molecule has 3 heteroatoms. The molecule has 16 heavy (non-hydrogen) atoms. The van der Waals surface area contributed by atoms with Gasteiger partial charge in [-0.2, -0.15) is 0 Å². The minimum Gasteiger partial charge on any atom is -0.381 e. The molecule has 0 amide bonds. The van der Waals surface area contributed by atoms with Gasteiger partial charge < -0.3 is 4.74 Å². The van der Waals surface area contributed by atoms with Crippen molar-refractivity contribution in [3.63, 3.8) is 0 Å². The Balaban J connectivity index is 2.27. The first-order valence-electron chi connectivity index (χ1n) is 5.60. The third kappa shape index (κ3) is 4.53. The number of unbranched alkanes of at least 4 members (excludes halogenated alkanes) is 1. The van der Waals surface area contributed by atoms with E-state index in [4.69, 9.17) is 4.74 Å². The molecule has 0 saturated carbocycles. The summed E-state index contributed by atoms with van der Waals surface area (Å²) in [6.07, 6.45) is 2.46. The van der Waals surface area contributed by atoms with Gasteiger partial charge >= 0.3 is 0 Å². The number of carbonyl (C=O) groups is 1. The Morgan fingerprint density at radius 3 is 2.56 bits per heavy atom. The van der Waals surface area contributed by atoms with Crippen LogP contribution in [0.15, 0.2) is 24.3 Å². The number of Topliss-reactive ketones (excluding diaryl/α,β-unsaturated/α-hetero) is 1. The third-order valence-electron chi connectivity index (χ3n) is 2.28. The Morgan fingerprint density at radius 1 is 1.25 bits per heavy atom. The molecule has 0 aliphatic heterocycles. The molecular weight excluding hydrogens is 207 g/mol. The molecule has 0 fully saturated rings. The molecule has 0 aromatic heterocycles. The van der Waals surface area contributed by atoms with Crippen molar-refractivity contribution in [1.29, 1.82) is 0 Å². The predicted octanol–water partition coefficient (Wildman–Crippen LogP) is 3.22. The maximum atomic E-state index is 12.6. The van der Waals surface area contributed by atoms with Gasteiger partial charge in [-0.05, 0) is 30.7 Å². The molecule has 0 bridgehead atoms. The van der Waals surface area contributed by atoms with Crippen LogP contribution in [0, 0.1) is 5.82 Å². The summed E-state index contributed by atoms with van der Waals surface area (Å²) in [5.74, 6) is -0.327. The van der Waals surface area contributed by atoms with Crippen LogP contribution in [0.3, 0.4) is 0 Å². The summed E-state index contributed by atoms with van der Waals surface area (Å²) >= 11 is 0. The topological polar surface area (TPSA) is 26.3 Å². The Kier molecular flexibility index (Phi) is 5.72. The van der Waals surface area contributed by atoms with Gasteiger partial charge in [0.25, 0.3) is 0 Å². The average molecular weight is 224 g/mol. The first kappa shape index (κ1) is 12.8. The van der Waals surface area contributed by atoms with Crippen LogP contribution < -0.4 is 0 Å². The standard InChI is InChI=1S/C13H17FO2/c1-2-3-9-16-10-8-13(15)11-4-6-12(14)7-5-11/h4-7H,2-3,8-10H2,1H3. The number of hydrogen-bond acceptors (Lipinski definition) is 2. The molecule has 1 rings (SSSR count). The molecule has 0 radical (unpaired) electrons. The fraction of sp³-hybridized carbons (Fsp3) is 0.462. The van der Waals surface area contributed by atoms with Crippen molar-refractivity contribution in [2.24, 2.45) is 0 Å². The van der Waals surface area contributed by atoms with Crippen molar-refractivity contribution in [3.8, 4) is 0 Å². The molecule has 0 unspecified atom stereocenters. The van der Waals surface area contributed by atoms with Crippen molar-refractivity contribution in [2.75, 3.05) is 13.2 Å². The van der Waals surface area contributed by atoms with Crippen LogP contribution in [-0.2, 0) is 4.74 Å². The van der Waals surface area contributed by atoms with Crippen LogP contribution in [-0.4, -0.2) is 19.0 Å². The Labute approximate surface area is 95.4 Å². The van der Waals surface area contributed by atoms with Crippen molar-refractivity contribution in [3.05, 3.63) is 35.6 Å². The van der Waals surface area contributed by atoms with E-state index in [0.29, 0.717) is 25.2 Å². The number of carbonyl (C=O) groups excluding carboxylic acids is 1. The largest absolute Gasteiger partial charge is 0.381 e. The number of benzene rings is 1. The highest BCUT2D eigenvalue weighted by Crippen LogP contribution is 2.06. The number of halogens is 1. The van der Waals surface area contributed by atoms with E-state index in [1.165, 1.54) is 24.3 Å². The zero-order chi connectivity index (χ0) is 11.8. The van der Waals surface area contributed by atoms with Crippen molar-refractivity contribution in [2.45, 2.75) is 26.2 Å². The quantitative estimate of drug-likeness (QED) is 0.525. The number of ether oxygens (including phenoxy) is 1. The fourth-order valence-electron chi connectivity index (χ4n) is 1.29. The maximum Gasteiger partial charge on any atom is 0.165 e. The average Bonchev–Trinajstić information content (AvgIpc) is 2.29. The molecule has 0 N–H and O–H groups in total. The van der Waals surface area contributed by atoms with E-state index in [1.54, 1.807) is 0 Å².